The summed E-state index contributed by atoms with van der Waals surface area (Å²) in [4.78, 5) is 5.16. The van der Waals surface area contributed by atoms with E-state index in [2.05, 4.69) is 51.5 Å². The molecule has 5 rings (SSSR count). The Hall–Kier alpha value is -1.95. The van der Waals surface area contributed by atoms with Gasteiger partial charge in [0, 0.05) is 23.0 Å². The highest BCUT2D eigenvalue weighted by Gasteiger charge is 2.47. The summed E-state index contributed by atoms with van der Waals surface area (Å²) in [7, 11) is 0. The Morgan fingerprint density at radius 2 is 2.00 bits per heavy atom. The van der Waals surface area contributed by atoms with Crippen molar-refractivity contribution in [1.29, 1.82) is 0 Å². The predicted octanol–water partition coefficient (Wildman–Crippen LogP) is 3.59. The van der Waals surface area contributed by atoms with Crippen LogP contribution in [0.5, 0.6) is 0 Å². The fourth-order valence-electron chi connectivity index (χ4n) is 4.70. The minimum atomic E-state index is -0.226. The molecule has 2 N–H and O–H groups in total. The third-order valence-electron chi connectivity index (χ3n) is 6.16. The number of aliphatic hydroxyl groups excluding tert-OH is 1. The van der Waals surface area contributed by atoms with Gasteiger partial charge in [0.15, 0.2) is 0 Å². The molecule has 134 valence electrons. The third-order valence-corrected chi connectivity index (χ3v) is 7.26. The number of likely N-dealkylation sites (tertiary alicyclic amines) is 1. The lowest BCUT2D eigenvalue weighted by atomic mass is 9.72. The number of piperidine rings is 1. The molecule has 1 spiro atoms. The number of fused-ring (bicyclic) bond motifs is 2. The van der Waals surface area contributed by atoms with Crippen molar-refractivity contribution in [3.05, 3.63) is 64.7 Å². The van der Waals surface area contributed by atoms with Gasteiger partial charge in [-0.05, 0) is 61.7 Å². The van der Waals surface area contributed by atoms with Crippen LogP contribution in [0.25, 0.3) is 10.6 Å². The van der Waals surface area contributed by atoms with Gasteiger partial charge in [-0.3, -0.25) is 10.00 Å². The van der Waals surface area contributed by atoms with E-state index in [4.69, 9.17) is 0 Å². The zero-order valence-corrected chi connectivity index (χ0v) is 15.5. The van der Waals surface area contributed by atoms with Crippen LogP contribution in [0, 0.1) is 0 Å². The minimum Gasteiger partial charge on any atom is -0.392 e. The number of nitrogens with one attached hydrogen (secondary N) is 1. The van der Waals surface area contributed by atoms with E-state index in [9.17, 15) is 5.11 Å². The molecule has 5 heteroatoms. The summed E-state index contributed by atoms with van der Waals surface area (Å²) in [5, 5.41) is 17.9. The summed E-state index contributed by atoms with van der Waals surface area (Å²) in [5.74, 6) is 0. The molecule has 3 heterocycles. The molecule has 0 radical (unpaired) electrons. The van der Waals surface area contributed by atoms with Gasteiger partial charge in [0.2, 0.25) is 0 Å². The zero-order valence-electron chi connectivity index (χ0n) is 14.7. The summed E-state index contributed by atoms with van der Waals surface area (Å²) >= 11 is 1.83. The van der Waals surface area contributed by atoms with Crippen molar-refractivity contribution in [2.24, 2.45) is 0 Å². The van der Waals surface area contributed by atoms with Crippen LogP contribution in [0.15, 0.2) is 48.7 Å². The lowest BCUT2D eigenvalue weighted by molar-refractivity contribution is 0.0416. The van der Waals surface area contributed by atoms with Crippen molar-refractivity contribution < 1.29 is 5.11 Å². The van der Waals surface area contributed by atoms with Gasteiger partial charge in [-0.15, -0.1) is 11.3 Å². The number of benzene rings is 1. The smallest absolute Gasteiger partial charge is 0.0749 e. The zero-order chi connectivity index (χ0) is 17.6. The maximum atomic E-state index is 10.8. The summed E-state index contributed by atoms with van der Waals surface area (Å²) in [6.45, 7) is 3.08. The van der Waals surface area contributed by atoms with Crippen LogP contribution in [0.2, 0.25) is 0 Å². The highest BCUT2D eigenvalue weighted by Crippen LogP contribution is 2.46. The largest absolute Gasteiger partial charge is 0.392 e. The van der Waals surface area contributed by atoms with E-state index in [-0.39, 0.29) is 11.5 Å². The van der Waals surface area contributed by atoms with E-state index in [1.807, 2.05) is 17.4 Å². The van der Waals surface area contributed by atoms with Crippen LogP contribution in [0.3, 0.4) is 0 Å². The second kappa shape index (κ2) is 6.34. The topological polar surface area (TPSA) is 52.1 Å². The molecule has 1 atom stereocenters. The number of nitrogens with zero attached hydrogens (tertiary/aromatic N) is 2. The molecule has 1 saturated heterocycles. The summed E-state index contributed by atoms with van der Waals surface area (Å²) in [5.41, 5.74) is 3.80. The molecule has 0 unspecified atom stereocenters. The number of aromatic amines is 1. The molecule has 4 nitrogen and oxygen atoms in total. The molecule has 0 amide bonds. The lowest BCUT2D eigenvalue weighted by Crippen LogP contribution is -2.46. The monoisotopic (exact) mass is 365 g/mol. The van der Waals surface area contributed by atoms with Crippen LogP contribution < -0.4 is 0 Å². The Morgan fingerprint density at radius 3 is 2.81 bits per heavy atom. The summed E-state index contributed by atoms with van der Waals surface area (Å²) < 4.78 is 0. The fraction of sp³-hybridized carbons (Fsp3) is 0.381. The molecule has 1 aliphatic carbocycles. The molecular formula is C21H23N3OS. The number of hydrogen-bond donors (Lipinski definition) is 2. The van der Waals surface area contributed by atoms with Gasteiger partial charge in [-0.2, -0.15) is 5.10 Å². The lowest BCUT2D eigenvalue weighted by Gasteiger charge is -2.42. The predicted molar refractivity (Wildman–Crippen MR) is 104 cm³/mol. The average molecular weight is 366 g/mol. The quantitative estimate of drug-likeness (QED) is 0.746. The van der Waals surface area contributed by atoms with Gasteiger partial charge < -0.3 is 5.11 Å². The Kier molecular flexibility index (Phi) is 3.96. The minimum absolute atomic E-state index is 0.0242. The van der Waals surface area contributed by atoms with Gasteiger partial charge in [0.05, 0.1) is 16.7 Å². The second-order valence-corrected chi connectivity index (χ2v) is 8.71. The first-order chi connectivity index (χ1) is 12.7. The van der Waals surface area contributed by atoms with Crippen LogP contribution in [-0.4, -0.2) is 39.4 Å². The molecule has 2 aliphatic rings. The molecule has 1 aromatic carbocycles. The molecule has 26 heavy (non-hydrogen) atoms. The van der Waals surface area contributed by atoms with E-state index >= 15 is 0 Å². The van der Waals surface area contributed by atoms with Crippen molar-refractivity contribution in [2.45, 2.75) is 37.3 Å². The summed E-state index contributed by atoms with van der Waals surface area (Å²) in [6, 6.07) is 15.0. The fourth-order valence-corrected chi connectivity index (χ4v) is 5.73. The molecule has 0 saturated carbocycles. The van der Waals surface area contributed by atoms with Gasteiger partial charge >= 0.3 is 0 Å². The Balaban J connectivity index is 1.28. The van der Waals surface area contributed by atoms with Crippen LogP contribution in [0.4, 0.5) is 0 Å². The van der Waals surface area contributed by atoms with Crippen molar-refractivity contribution >= 4 is 11.3 Å². The molecule has 1 aliphatic heterocycles. The number of H-pyrrole nitrogens is 1. The van der Waals surface area contributed by atoms with Crippen molar-refractivity contribution in [3.63, 3.8) is 0 Å². The second-order valence-electron chi connectivity index (χ2n) is 7.55. The Morgan fingerprint density at radius 1 is 1.15 bits per heavy atom. The first kappa shape index (κ1) is 16.2. The number of hydrogen-bond acceptors (Lipinski definition) is 4. The van der Waals surface area contributed by atoms with Crippen molar-refractivity contribution in [2.75, 3.05) is 13.1 Å². The van der Waals surface area contributed by atoms with Crippen LogP contribution >= 0.6 is 11.3 Å². The average Bonchev–Trinajstić information content (AvgIpc) is 3.38. The number of rotatable bonds is 3. The van der Waals surface area contributed by atoms with Gasteiger partial charge in [0.25, 0.3) is 0 Å². The van der Waals surface area contributed by atoms with Gasteiger partial charge in [-0.25, -0.2) is 0 Å². The van der Waals surface area contributed by atoms with E-state index < -0.39 is 0 Å². The number of aliphatic hydroxyl groups is 1. The van der Waals surface area contributed by atoms with E-state index in [0.29, 0.717) is 0 Å². The third kappa shape index (κ3) is 2.62. The highest BCUT2D eigenvalue weighted by molar-refractivity contribution is 7.15. The molecule has 1 fully saturated rings. The Labute approximate surface area is 157 Å². The summed E-state index contributed by atoms with van der Waals surface area (Å²) in [6.07, 6.45) is 4.47. The van der Waals surface area contributed by atoms with Crippen molar-refractivity contribution in [1.82, 2.24) is 15.1 Å². The molecule has 2 aromatic heterocycles. The van der Waals surface area contributed by atoms with Gasteiger partial charge in [-0.1, -0.05) is 24.3 Å². The van der Waals surface area contributed by atoms with E-state index in [0.717, 1.165) is 44.6 Å². The highest BCUT2D eigenvalue weighted by atomic mass is 32.1. The molecular weight excluding hydrogens is 342 g/mol. The molecule has 0 bridgehead atoms. The normalized spacial score (nSPS) is 22.0. The maximum absolute atomic E-state index is 10.8. The van der Waals surface area contributed by atoms with E-state index in [1.54, 1.807) is 6.20 Å². The SMILES string of the molecule is O[C@H]1Cc2ccccc2C12CCN(Cc1ccc(-c3ccn[nH]3)s1)CC2. The molecule has 3 aromatic rings. The van der Waals surface area contributed by atoms with E-state index in [1.165, 1.54) is 20.9 Å². The first-order valence-corrected chi connectivity index (χ1v) is 10.1. The van der Waals surface area contributed by atoms with Crippen LogP contribution in [0.1, 0.15) is 28.8 Å². The Bertz CT molecular complexity index is 894. The standard InChI is InChI=1S/C21H23N3OS/c25-20-13-15-3-1-2-4-17(15)21(20)8-11-24(12-9-21)14-16-5-6-19(26-16)18-7-10-22-23-18/h1-7,10,20,25H,8-9,11-14H2,(H,22,23)/t20-/m0/s1. The van der Waals surface area contributed by atoms with Crippen molar-refractivity contribution in [3.8, 4) is 10.6 Å². The van der Waals surface area contributed by atoms with Gasteiger partial charge in [0.1, 0.15) is 0 Å². The number of thiophene rings is 1. The first-order valence-electron chi connectivity index (χ1n) is 9.32. The van der Waals surface area contributed by atoms with Crippen LogP contribution in [-0.2, 0) is 18.4 Å². The number of aromatic nitrogens is 2. The maximum Gasteiger partial charge on any atom is 0.0749 e.